The van der Waals surface area contributed by atoms with E-state index in [9.17, 15) is 15.3 Å². The first-order valence-corrected chi connectivity index (χ1v) is 8.19. The number of ether oxygens (including phenoxy) is 3. The van der Waals surface area contributed by atoms with Crippen LogP contribution in [-0.4, -0.2) is 49.7 Å². The Hall–Kier alpha value is -2.35. The van der Waals surface area contributed by atoms with Gasteiger partial charge in [0.05, 0.1) is 27.4 Å². The Labute approximate surface area is 164 Å². The quantitative estimate of drug-likeness (QED) is 0.379. The van der Waals surface area contributed by atoms with Gasteiger partial charge in [-0.25, -0.2) is 0 Å². The Bertz CT molecular complexity index is 715. The number of rotatable bonds is 9. The lowest BCUT2D eigenvalue weighted by Crippen LogP contribution is -2.23. The summed E-state index contributed by atoms with van der Waals surface area (Å²) in [6, 6.07) is 8.04. The molecule has 0 unspecified atom stereocenters. The molecule has 4 N–H and O–H groups in total. The first-order valence-electron chi connectivity index (χ1n) is 8.19. The van der Waals surface area contributed by atoms with Crippen molar-refractivity contribution in [3.63, 3.8) is 0 Å². The predicted molar refractivity (Wildman–Crippen MR) is 105 cm³/mol. The van der Waals surface area contributed by atoms with Crippen LogP contribution in [0.5, 0.6) is 28.7 Å². The molecule has 0 saturated carbocycles. The highest BCUT2D eigenvalue weighted by Gasteiger charge is 2.13. The zero-order valence-electron chi connectivity index (χ0n) is 15.6. The molecule has 2 aromatic carbocycles. The molecule has 2 aromatic rings. The third-order valence-corrected chi connectivity index (χ3v) is 4.04. The van der Waals surface area contributed by atoms with Crippen LogP contribution in [0.4, 0.5) is 0 Å². The van der Waals surface area contributed by atoms with Gasteiger partial charge in [0, 0.05) is 6.54 Å². The van der Waals surface area contributed by atoms with Crippen molar-refractivity contribution in [3.8, 4) is 28.7 Å². The average Bonchev–Trinajstić information content (AvgIpc) is 2.66. The van der Waals surface area contributed by atoms with Crippen LogP contribution >= 0.6 is 12.4 Å². The van der Waals surface area contributed by atoms with E-state index in [4.69, 9.17) is 14.2 Å². The SMILES string of the molecule is COc1cc(CCNC[C@H](O)c2ccc(O)c(O)c2)cc(OC)c1OC.Cl. The third kappa shape index (κ3) is 5.82. The predicted octanol–water partition coefficient (Wildman–Crippen LogP) is 2.41. The Morgan fingerprint density at radius 2 is 1.56 bits per heavy atom. The van der Waals surface area contributed by atoms with Crippen molar-refractivity contribution < 1.29 is 29.5 Å². The maximum atomic E-state index is 10.2. The van der Waals surface area contributed by atoms with E-state index in [0.29, 0.717) is 42.3 Å². The molecule has 0 fully saturated rings. The smallest absolute Gasteiger partial charge is 0.203 e. The van der Waals surface area contributed by atoms with Gasteiger partial charge in [0.2, 0.25) is 5.75 Å². The van der Waals surface area contributed by atoms with Gasteiger partial charge in [0.25, 0.3) is 0 Å². The van der Waals surface area contributed by atoms with E-state index in [-0.39, 0.29) is 23.9 Å². The van der Waals surface area contributed by atoms with Gasteiger partial charge in [0.1, 0.15) is 0 Å². The molecule has 0 aromatic heterocycles. The second kappa shape index (κ2) is 10.7. The van der Waals surface area contributed by atoms with E-state index >= 15 is 0 Å². The minimum absolute atomic E-state index is 0. The lowest BCUT2D eigenvalue weighted by molar-refractivity contribution is 0.174. The fourth-order valence-corrected chi connectivity index (χ4v) is 2.62. The molecular weight excluding hydrogens is 374 g/mol. The van der Waals surface area contributed by atoms with E-state index < -0.39 is 6.10 Å². The summed E-state index contributed by atoms with van der Waals surface area (Å²) < 4.78 is 16.0. The Morgan fingerprint density at radius 1 is 0.926 bits per heavy atom. The van der Waals surface area contributed by atoms with Crippen molar-refractivity contribution in [1.29, 1.82) is 0 Å². The molecule has 0 bridgehead atoms. The largest absolute Gasteiger partial charge is 0.504 e. The number of benzene rings is 2. The van der Waals surface area contributed by atoms with Gasteiger partial charge in [0.15, 0.2) is 23.0 Å². The normalized spacial score (nSPS) is 11.4. The Morgan fingerprint density at radius 3 is 2.07 bits per heavy atom. The van der Waals surface area contributed by atoms with E-state index in [0.717, 1.165) is 5.56 Å². The zero-order valence-corrected chi connectivity index (χ0v) is 16.4. The van der Waals surface area contributed by atoms with E-state index in [1.165, 1.54) is 12.1 Å². The molecule has 0 aliphatic heterocycles. The number of aliphatic hydroxyl groups is 1. The Kier molecular flexibility index (Phi) is 9.00. The molecule has 0 aliphatic carbocycles. The summed E-state index contributed by atoms with van der Waals surface area (Å²) in [7, 11) is 4.70. The maximum absolute atomic E-state index is 10.2. The van der Waals surface area contributed by atoms with Crippen molar-refractivity contribution >= 4 is 12.4 Å². The molecule has 2 rings (SSSR count). The first-order chi connectivity index (χ1) is 12.5. The number of hydrogen-bond donors (Lipinski definition) is 4. The summed E-state index contributed by atoms with van der Waals surface area (Å²) in [5, 5.41) is 32.1. The zero-order chi connectivity index (χ0) is 19.1. The van der Waals surface area contributed by atoms with Gasteiger partial charge in [-0.05, 0) is 48.4 Å². The number of aromatic hydroxyl groups is 2. The number of hydrogen-bond acceptors (Lipinski definition) is 7. The van der Waals surface area contributed by atoms with Gasteiger partial charge in [-0.2, -0.15) is 0 Å². The highest BCUT2D eigenvalue weighted by molar-refractivity contribution is 5.85. The van der Waals surface area contributed by atoms with Crippen molar-refractivity contribution in [2.45, 2.75) is 12.5 Å². The van der Waals surface area contributed by atoms with Crippen LogP contribution in [0.15, 0.2) is 30.3 Å². The van der Waals surface area contributed by atoms with Crippen LogP contribution in [0.3, 0.4) is 0 Å². The molecule has 27 heavy (non-hydrogen) atoms. The van der Waals surface area contributed by atoms with Gasteiger partial charge in [-0.3, -0.25) is 0 Å². The molecule has 1 atom stereocenters. The number of aliphatic hydroxyl groups excluding tert-OH is 1. The van der Waals surface area contributed by atoms with Crippen LogP contribution in [0.25, 0.3) is 0 Å². The molecule has 0 heterocycles. The topological polar surface area (TPSA) is 100 Å². The molecular formula is C19H26ClNO6. The second-order valence-electron chi connectivity index (χ2n) is 5.75. The standard InChI is InChI=1S/C19H25NO6.ClH/c1-24-17-8-12(9-18(25-2)19(17)26-3)6-7-20-11-16(23)13-4-5-14(21)15(22)10-13;/h4-5,8-10,16,20-23H,6-7,11H2,1-3H3;1H/t16-;/m0./s1. The summed E-state index contributed by atoms with van der Waals surface area (Å²) in [5.74, 6) is 1.28. The molecule has 0 radical (unpaired) electrons. The number of halogens is 1. The van der Waals surface area contributed by atoms with Gasteiger partial charge in [-0.15, -0.1) is 12.4 Å². The lowest BCUT2D eigenvalue weighted by Gasteiger charge is -2.15. The highest BCUT2D eigenvalue weighted by Crippen LogP contribution is 2.38. The van der Waals surface area contributed by atoms with Gasteiger partial charge in [-0.1, -0.05) is 6.07 Å². The Balaban J connectivity index is 0.00000364. The minimum Gasteiger partial charge on any atom is -0.504 e. The van der Waals surface area contributed by atoms with Crippen molar-refractivity contribution in [1.82, 2.24) is 5.32 Å². The van der Waals surface area contributed by atoms with Crippen molar-refractivity contribution in [2.24, 2.45) is 0 Å². The van der Waals surface area contributed by atoms with E-state index in [1.807, 2.05) is 12.1 Å². The van der Waals surface area contributed by atoms with Crippen LogP contribution in [0.2, 0.25) is 0 Å². The van der Waals surface area contributed by atoms with Crippen LogP contribution in [0, 0.1) is 0 Å². The number of methoxy groups -OCH3 is 3. The molecule has 0 amide bonds. The number of phenols is 2. The molecule has 7 nitrogen and oxygen atoms in total. The van der Waals surface area contributed by atoms with E-state index in [2.05, 4.69) is 5.32 Å². The summed E-state index contributed by atoms with van der Waals surface area (Å²) in [5.41, 5.74) is 1.53. The summed E-state index contributed by atoms with van der Waals surface area (Å²) in [6.45, 7) is 0.939. The second-order valence-corrected chi connectivity index (χ2v) is 5.75. The fraction of sp³-hybridized carbons (Fsp3) is 0.368. The molecule has 0 saturated heterocycles. The van der Waals surface area contributed by atoms with Crippen LogP contribution in [-0.2, 0) is 6.42 Å². The third-order valence-electron chi connectivity index (χ3n) is 4.04. The minimum atomic E-state index is -0.790. The monoisotopic (exact) mass is 399 g/mol. The molecule has 8 heteroatoms. The summed E-state index contributed by atoms with van der Waals surface area (Å²) >= 11 is 0. The maximum Gasteiger partial charge on any atom is 0.203 e. The van der Waals surface area contributed by atoms with Gasteiger partial charge >= 0.3 is 0 Å². The lowest BCUT2D eigenvalue weighted by atomic mass is 10.1. The van der Waals surface area contributed by atoms with Crippen LogP contribution < -0.4 is 19.5 Å². The molecule has 0 spiro atoms. The fourth-order valence-electron chi connectivity index (χ4n) is 2.62. The van der Waals surface area contributed by atoms with Crippen molar-refractivity contribution in [2.75, 3.05) is 34.4 Å². The van der Waals surface area contributed by atoms with Gasteiger partial charge < -0.3 is 34.8 Å². The summed E-state index contributed by atoms with van der Waals surface area (Å²) in [6.07, 6.45) is -0.0917. The number of phenolic OH excluding ortho intramolecular Hbond substituents is 2. The number of nitrogens with one attached hydrogen (secondary N) is 1. The van der Waals surface area contributed by atoms with E-state index in [1.54, 1.807) is 27.4 Å². The first kappa shape index (κ1) is 22.7. The molecule has 0 aliphatic rings. The van der Waals surface area contributed by atoms with Crippen LogP contribution in [0.1, 0.15) is 17.2 Å². The highest BCUT2D eigenvalue weighted by atomic mass is 35.5. The summed E-state index contributed by atoms with van der Waals surface area (Å²) in [4.78, 5) is 0. The van der Waals surface area contributed by atoms with Crippen molar-refractivity contribution in [3.05, 3.63) is 41.5 Å². The molecule has 150 valence electrons. The average molecular weight is 400 g/mol.